The van der Waals surface area contributed by atoms with Gasteiger partial charge >= 0.3 is 0 Å². The largest absolute Gasteiger partial charge is 0.455 e. The summed E-state index contributed by atoms with van der Waals surface area (Å²) in [6, 6.07) is 10.1. The Morgan fingerprint density at radius 3 is 3.00 bits per heavy atom. The Kier molecular flexibility index (Phi) is 6.79. The first kappa shape index (κ1) is 21.0. The van der Waals surface area contributed by atoms with Crippen molar-refractivity contribution in [1.82, 2.24) is 15.2 Å². The van der Waals surface area contributed by atoms with Crippen LogP contribution in [-0.4, -0.2) is 41.5 Å². The minimum atomic E-state index is -0.157. The number of aryl methyl sites for hydroxylation is 1. The molecule has 0 spiro atoms. The maximum atomic E-state index is 12.3. The van der Waals surface area contributed by atoms with Gasteiger partial charge in [-0.25, -0.2) is 4.98 Å². The number of para-hydroxylation sites is 1. The third-order valence-corrected chi connectivity index (χ3v) is 6.52. The summed E-state index contributed by atoms with van der Waals surface area (Å²) in [5, 5.41) is 3.57. The molecule has 1 aromatic carbocycles. The van der Waals surface area contributed by atoms with Gasteiger partial charge in [-0.1, -0.05) is 30.3 Å². The topological polar surface area (TPSA) is 71.5 Å². The van der Waals surface area contributed by atoms with Gasteiger partial charge in [0.2, 0.25) is 0 Å². The molecule has 1 saturated heterocycles. The molecule has 1 aliphatic heterocycles. The Morgan fingerprint density at radius 1 is 1.27 bits per heavy atom. The molecule has 0 bridgehead atoms. The van der Waals surface area contributed by atoms with E-state index in [-0.39, 0.29) is 5.91 Å². The normalized spacial score (nSPS) is 17.5. The molecule has 7 heteroatoms. The van der Waals surface area contributed by atoms with Crippen LogP contribution < -0.4 is 5.32 Å². The number of aromatic nitrogens is 1. The SMILES string of the molecule is Cc1cccc2oc(SCc3ccc(C(=O)NCCCN4CCCC[C@@H]4C)o3)nc12. The van der Waals surface area contributed by atoms with E-state index < -0.39 is 0 Å². The summed E-state index contributed by atoms with van der Waals surface area (Å²) >= 11 is 1.46. The fourth-order valence-electron chi connectivity index (χ4n) is 3.90. The number of benzene rings is 1. The quantitative estimate of drug-likeness (QED) is 0.402. The zero-order valence-electron chi connectivity index (χ0n) is 17.6. The lowest BCUT2D eigenvalue weighted by molar-refractivity contribution is 0.0920. The van der Waals surface area contributed by atoms with Gasteiger partial charge in [0.25, 0.3) is 11.1 Å². The number of carbonyl (C=O) groups excluding carboxylic acids is 1. The van der Waals surface area contributed by atoms with Crippen LogP contribution in [0, 0.1) is 6.92 Å². The molecule has 1 amide bonds. The highest BCUT2D eigenvalue weighted by Crippen LogP contribution is 2.28. The van der Waals surface area contributed by atoms with E-state index in [0.717, 1.165) is 35.4 Å². The fraction of sp³-hybridized carbons (Fsp3) is 0.478. The monoisotopic (exact) mass is 427 g/mol. The fourth-order valence-corrected chi connectivity index (χ4v) is 4.62. The molecule has 1 fully saturated rings. The Hall–Kier alpha value is -2.25. The molecule has 3 aromatic rings. The lowest BCUT2D eigenvalue weighted by Crippen LogP contribution is -2.39. The summed E-state index contributed by atoms with van der Waals surface area (Å²) in [4.78, 5) is 19.4. The van der Waals surface area contributed by atoms with Crippen molar-refractivity contribution in [2.75, 3.05) is 19.6 Å². The summed E-state index contributed by atoms with van der Waals surface area (Å²) in [7, 11) is 0. The molecular formula is C23H29N3O3S. The Balaban J connectivity index is 1.23. The first-order valence-corrected chi connectivity index (χ1v) is 11.7. The molecule has 160 valence electrons. The van der Waals surface area contributed by atoms with Crippen molar-refractivity contribution >= 4 is 28.8 Å². The molecular weight excluding hydrogens is 398 g/mol. The second-order valence-electron chi connectivity index (χ2n) is 7.95. The van der Waals surface area contributed by atoms with Crippen LogP contribution in [0.15, 0.2) is 44.4 Å². The number of thioether (sulfide) groups is 1. The number of likely N-dealkylation sites (tertiary alicyclic amines) is 1. The first-order valence-electron chi connectivity index (χ1n) is 10.7. The molecule has 1 aliphatic rings. The van der Waals surface area contributed by atoms with Gasteiger partial charge in [0.15, 0.2) is 11.3 Å². The molecule has 0 aliphatic carbocycles. The number of hydrogen-bond acceptors (Lipinski definition) is 6. The standard InChI is InChI=1S/C23H29N3O3S/c1-16-7-5-9-19-21(16)25-23(29-19)30-15-18-10-11-20(28-18)22(27)24-12-6-14-26-13-4-3-8-17(26)2/h5,7,9-11,17H,3-4,6,8,12-15H2,1-2H3,(H,24,27)/t17-/m0/s1. The molecule has 30 heavy (non-hydrogen) atoms. The van der Waals surface area contributed by atoms with Crippen LogP contribution >= 0.6 is 11.8 Å². The minimum Gasteiger partial charge on any atom is -0.455 e. The lowest BCUT2D eigenvalue weighted by Gasteiger charge is -2.33. The Labute approximate surface area is 181 Å². The molecule has 3 heterocycles. The first-order chi connectivity index (χ1) is 14.6. The van der Waals surface area contributed by atoms with Crippen LogP contribution in [0.1, 0.15) is 54.5 Å². The van der Waals surface area contributed by atoms with E-state index in [9.17, 15) is 4.79 Å². The zero-order valence-corrected chi connectivity index (χ0v) is 18.5. The summed E-state index contributed by atoms with van der Waals surface area (Å²) in [5.41, 5.74) is 2.77. The highest BCUT2D eigenvalue weighted by atomic mass is 32.2. The van der Waals surface area contributed by atoms with Crippen LogP contribution in [0.5, 0.6) is 0 Å². The molecule has 1 atom stereocenters. The van der Waals surface area contributed by atoms with Crippen LogP contribution in [0.3, 0.4) is 0 Å². The van der Waals surface area contributed by atoms with E-state index in [4.69, 9.17) is 8.83 Å². The molecule has 0 unspecified atom stereocenters. The van der Waals surface area contributed by atoms with Crippen LogP contribution in [-0.2, 0) is 5.75 Å². The smallest absolute Gasteiger partial charge is 0.286 e. The van der Waals surface area contributed by atoms with Gasteiger partial charge in [-0.15, -0.1) is 0 Å². The van der Waals surface area contributed by atoms with Crippen LogP contribution in [0.2, 0.25) is 0 Å². The predicted octanol–water partition coefficient (Wildman–Crippen LogP) is 5.02. The number of rotatable bonds is 8. The van der Waals surface area contributed by atoms with E-state index in [1.807, 2.05) is 31.2 Å². The number of furan rings is 1. The third kappa shape index (κ3) is 5.08. The number of oxazole rings is 1. The van der Waals surface area contributed by atoms with Gasteiger partial charge < -0.3 is 19.1 Å². The van der Waals surface area contributed by atoms with E-state index in [1.165, 1.54) is 37.6 Å². The molecule has 1 N–H and O–H groups in total. The van der Waals surface area contributed by atoms with Gasteiger partial charge in [-0.2, -0.15) is 0 Å². The van der Waals surface area contributed by atoms with Crippen LogP contribution in [0.4, 0.5) is 0 Å². The van der Waals surface area contributed by atoms with Gasteiger partial charge in [0.05, 0.1) is 5.75 Å². The number of hydrogen-bond donors (Lipinski definition) is 1. The Bertz CT molecular complexity index is 997. The van der Waals surface area contributed by atoms with Crippen molar-refractivity contribution in [2.24, 2.45) is 0 Å². The third-order valence-electron chi connectivity index (χ3n) is 5.67. The second kappa shape index (κ2) is 9.71. The zero-order chi connectivity index (χ0) is 20.9. The number of amides is 1. The number of nitrogens with zero attached hydrogens (tertiary/aromatic N) is 2. The van der Waals surface area contributed by atoms with Crippen molar-refractivity contribution in [3.63, 3.8) is 0 Å². The van der Waals surface area contributed by atoms with Gasteiger partial charge in [0.1, 0.15) is 11.3 Å². The van der Waals surface area contributed by atoms with Crippen molar-refractivity contribution in [3.05, 3.63) is 47.4 Å². The number of fused-ring (bicyclic) bond motifs is 1. The van der Waals surface area contributed by atoms with Crippen molar-refractivity contribution in [3.8, 4) is 0 Å². The second-order valence-corrected chi connectivity index (χ2v) is 8.87. The Morgan fingerprint density at radius 2 is 2.17 bits per heavy atom. The van der Waals surface area contributed by atoms with Gasteiger partial charge in [-0.05, 0) is 63.4 Å². The van der Waals surface area contributed by atoms with Gasteiger partial charge in [-0.3, -0.25) is 4.79 Å². The summed E-state index contributed by atoms with van der Waals surface area (Å²) in [6.45, 7) is 7.18. The molecule has 6 nitrogen and oxygen atoms in total. The summed E-state index contributed by atoms with van der Waals surface area (Å²) in [5.74, 6) is 1.48. The number of carbonyl (C=O) groups is 1. The van der Waals surface area contributed by atoms with Crippen molar-refractivity contribution in [2.45, 2.75) is 56.5 Å². The summed E-state index contributed by atoms with van der Waals surface area (Å²) < 4.78 is 11.5. The van der Waals surface area contributed by atoms with Crippen LogP contribution in [0.25, 0.3) is 11.1 Å². The minimum absolute atomic E-state index is 0.157. The molecule has 0 saturated carbocycles. The number of nitrogens with one attached hydrogen (secondary N) is 1. The maximum absolute atomic E-state index is 12.3. The van der Waals surface area contributed by atoms with E-state index in [0.29, 0.717) is 29.3 Å². The number of piperidine rings is 1. The van der Waals surface area contributed by atoms with E-state index in [1.54, 1.807) is 6.07 Å². The highest BCUT2D eigenvalue weighted by molar-refractivity contribution is 7.98. The molecule has 4 rings (SSSR count). The van der Waals surface area contributed by atoms with E-state index >= 15 is 0 Å². The van der Waals surface area contributed by atoms with Crippen molar-refractivity contribution in [1.29, 1.82) is 0 Å². The average molecular weight is 428 g/mol. The molecule has 0 radical (unpaired) electrons. The lowest BCUT2D eigenvalue weighted by atomic mass is 10.0. The summed E-state index contributed by atoms with van der Waals surface area (Å²) in [6.07, 6.45) is 4.85. The average Bonchev–Trinajstić information content (AvgIpc) is 3.38. The predicted molar refractivity (Wildman–Crippen MR) is 119 cm³/mol. The van der Waals surface area contributed by atoms with Gasteiger partial charge in [0, 0.05) is 19.1 Å². The van der Waals surface area contributed by atoms with Crippen molar-refractivity contribution < 1.29 is 13.6 Å². The van der Waals surface area contributed by atoms with E-state index in [2.05, 4.69) is 22.1 Å². The molecule has 2 aromatic heterocycles. The maximum Gasteiger partial charge on any atom is 0.286 e. The highest BCUT2D eigenvalue weighted by Gasteiger charge is 2.18.